The first-order valence-electron chi connectivity index (χ1n) is 9.51. The van der Waals surface area contributed by atoms with Crippen LogP contribution in [-0.2, 0) is 9.59 Å². The van der Waals surface area contributed by atoms with E-state index in [0.29, 0.717) is 11.0 Å². The Morgan fingerprint density at radius 2 is 1.72 bits per heavy atom. The molecule has 2 aromatic carbocycles. The van der Waals surface area contributed by atoms with Crippen molar-refractivity contribution in [3.63, 3.8) is 0 Å². The Morgan fingerprint density at radius 1 is 1.09 bits per heavy atom. The molecule has 0 aliphatic carbocycles. The van der Waals surface area contributed by atoms with E-state index in [1.807, 2.05) is 0 Å². The standard InChI is InChI=1S/C22H17F4N3O3/c1-22(2,3)20(31)15-18(14-16(25)10(23)7-11(24)17(14)26)29(21(32)19(15)30)9-4-5-12-13(6-9)28-8-27-12/h4-8,18,30H,1-3H3,(H,27,28)/t18-/m0/s1. The van der Waals surface area contributed by atoms with E-state index in [-0.39, 0.29) is 11.8 Å². The topological polar surface area (TPSA) is 86.3 Å². The summed E-state index contributed by atoms with van der Waals surface area (Å²) in [5.41, 5.74) is -2.08. The third-order valence-corrected chi connectivity index (χ3v) is 5.24. The first kappa shape index (κ1) is 21.5. The number of benzene rings is 2. The average molecular weight is 447 g/mol. The van der Waals surface area contributed by atoms with Crippen molar-refractivity contribution in [3.05, 3.63) is 70.8 Å². The summed E-state index contributed by atoms with van der Waals surface area (Å²) in [6.07, 6.45) is 1.38. The zero-order valence-electron chi connectivity index (χ0n) is 17.1. The quantitative estimate of drug-likeness (QED) is 0.453. The second-order valence-corrected chi connectivity index (χ2v) is 8.40. The maximum Gasteiger partial charge on any atom is 0.294 e. The van der Waals surface area contributed by atoms with E-state index in [0.717, 1.165) is 4.90 Å². The van der Waals surface area contributed by atoms with Crippen LogP contribution in [0.15, 0.2) is 41.9 Å². The summed E-state index contributed by atoms with van der Waals surface area (Å²) >= 11 is 0. The Hall–Kier alpha value is -3.69. The molecule has 1 amide bonds. The number of carbonyl (C=O) groups excluding carboxylic acids is 2. The molecule has 6 nitrogen and oxygen atoms in total. The average Bonchev–Trinajstić information content (AvgIpc) is 3.28. The van der Waals surface area contributed by atoms with Crippen LogP contribution in [0, 0.1) is 28.7 Å². The number of nitrogens with one attached hydrogen (secondary N) is 1. The number of aromatic amines is 1. The fourth-order valence-corrected chi connectivity index (χ4v) is 3.69. The highest BCUT2D eigenvalue weighted by molar-refractivity contribution is 6.17. The highest BCUT2D eigenvalue weighted by atomic mass is 19.2. The van der Waals surface area contributed by atoms with Gasteiger partial charge in [-0.05, 0) is 18.2 Å². The summed E-state index contributed by atoms with van der Waals surface area (Å²) in [4.78, 5) is 33.7. The van der Waals surface area contributed by atoms with Crippen molar-refractivity contribution < 1.29 is 32.3 Å². The van der Waals surface area contributed by atoms with Crippen molar-refractivity contribution in [1.29, 1.82) is 0 Å². The van der Waals surface area contributed by atoms with E-state index in [1.165, 1.54) is 45.3 Å². The minimum absolute atomic E-state index is 0.0171. The maximum atomic E-state index is 14.8. The van der Waals surface area contributed by atoms with Crippen LogP contribution in [0.25, 0.3) is 11.0 Å². The summed E-state index contributed by atoms with van der Waals surface area (Å²) in [5, 5.41) is 10.6. The molecule has 0 spiro atoms. The summed E-state index contributed by atoms with van der Waals surface area (Å²) < 4.78 is 57.8. The molecule has 10 heteroatoms. The number of aliphatic hydroxyl groups excluding tert-OH is 1. The number of hydrogen-bond donors (Lipinski definition) is 2. The fourth-order valence-electron chi connectivity index (χ4n) is 3.69. The second-order valence-electron chi connectivity index (χ2n) is 8.40. The minimum Gasteiger partial charge on any atom is -0.503 e. The minimum atomic E-state index is -1.94. The summed E-state index contributed by atoms with van der Waals surface area (Å²) in [5.74, 6) is -9.98. The Morgan fingerprint density at radius 3 is 2.31 bits per heavy atom. The Balaban J connectivity index is 2.03. The molecule has 1 aliphatic rings. The van der Waals surface area contributed by atoms with E-state index < -0.39 is 63.3 Å². The molecule has 0 bridgehead atoms. The van der Waals surface area contributed by atoms with Gasteiger partial charge in [0.25, 0.3) is 5.91 Å². The molecule has 3 aromatic rings. The molecular formula is C22H17F4N3O3. The number of amides is 1. The van der Waals surface area contributed by atoms with Gasteiger partial charge in [-0.1, -0.05) is 20.8 Å². The van der Waals surface area contributed by atoms with Crippen molar-refractivity contribution in [2.75, 3.05) is 4.90 Å². The number of Topliss-reactive ketones (excluding diaryl/α,β-unsaturated/α-hetero) is 1. The molecule has 0 fully saturated rings. The van der Waals surface area contributed by atoms with Gasteiger partial charge in [0.15, 0.2) is 34.8 Å². The lowest BCUT2D eigenvalue weighted by molar-refractivity contribution is -0.123. The molecule has 2 heterocycles. The van der Waals surface area contributed by atoms with Gasteiger partial charge in [-0.25, -0.2) is 22.5 Å². The number of halogens is 4. The van der Waals surface area contributed by atoms with Gasteiger partial charge in [-0.15, -0.1) is 0 Å². The van der Waals surface area contributed by atoms with Crippen molar-refractivity contribution in [2.45, 2.75) is 26.8 Å². The normalized spacial score (nSPS) is 17.0. The zero-order valence-corrected chi connectivity index (χ0v) is 17.1. The number of aromatic nitrogens is 2. The van der Waals surface area contributed by atoms with Crippen LogP contribution in [0.1, 0.15) is 32.4 Å². The molecule has 166 valence electrons. The van der Waals surface area contributed by atoms with E-state index in [1.54, 1.807) is 0 Å². The predicted molar refractivity (Wildman–Crippen MR) is 107 cm³/mol. The number of anilines is 1. The van der Waals surface area contributed by atoms with Crippen molar-refractivity contribution in [3.8, 4) is 0 Å². The summed E-state index contributed by atoms with van der Waals surface area (Å²) in [7, 11) is 0. The van der Waals surface area contributed by atoms with Gasteiger partial charge in [0.2, 0.25) is 0 Å². The number of ketones is 1. The van der Waals surface area contributed by atoms with Crippen LogP contribution in [0.5, 0.6) is 0 Å². The first-order valence-corrected chi connectivity index (χ1v) is 9.51. The number of nitrogens with zero attached hydrogens (tertiary/aromatic N) is 2. The molecule has 1 aliphatic heterocycles. The number of H-pyrrole nitrogens is 1. The van der Waals surface area contributed by atoms with Gasteiger partial charge in [0, 0.05) is 17.2 Å². The van der Waals surface area contributed by atoms with E-state index in [9.17, 15) is 32.3 Å². The lowest BCUT2D eigenvalue weighted by Gasteiger charge is -2.29. The Bertz CT molecular complexity index is 1300. The highest BCUT2D eigenvalue weighted by Crippen LogP contribution is 2.45. The summed E-state index contributed by atoms with van der Waals surface area (Å²) in [6, 6.07) is 2.35. The van der Waals surface area contributed by atoms with Crippen LogP contribution < -0.4 is 4.90 Å². The van der Waals surface area contributed by atoms with E-state index >= 15 is 0 Å². The molecule has 32 heavy (non-hydrogen) atoms. The van der Waals surface area contributed by atoms with Crippen LogP contribution in [-0.4, -0.2) is 26.8 Å². The number of aliphatic hydroxyl groups is 1. The van der Waals surface area contributed by atoms with Gasteiger partial charge < -0.3 is 10.1 Å². The van der Waals surface area contributed by atoms with Crippen molar-refractivity contribution >= 4 is 28.4 Å². The number of fused-ring (bicyclic) bond motifs is 1. The van der Waals surface area contributed by atoms with Gasteiger partial charge in [0.05, 0.1) is 28.5 Å². The SMILES string of the molecule is CC(C)(C)C(=O)C1=C(O)C(=O)N(c2ccc3nc[nH]c3c2)[C@H]1c1c(F)c(F)cc(F)c1F. The van der Waals surface area contributed by atoms with Crippen molar-refractivity contribution in [2.24, 2.45) is 5.41 Å². The first-order chi connectivity index (χ1) is 14.9. The fraction of sp³-hybridized carbons (Fsp3) is 0.227. The monoisotopic (exact) mass is 447 g/mol. The molecule has 1 atom stereocenters. The zero-order chi connectivity index (χ0) is 23.5. The number of rotatable bonds is 3. The molecule has 0 saturated heterocycles. The lowest BCUT2D eigenvalue weighted by atomic mass is 9.82. The molecular weight excluding hydrogens is 430 g/mol. The molecule has 0 saturated carbocycles. The highest BCUT2D eigenvalue weighted by Gasteiger charge is 2.49. The van der Waals surface area contributed by atoms with Crippen LogP contribution in [0.3, 0.4) is 0 Å². The smallest absolute Gasteiger partial charge is 0.294 e. The molecule has 4 rings (SSSR count). The van der Waals surface area contributed by atoms with Gasteiger partial charge in [-0.3, -0.25) is 14.5 Å². The van der Waals surface area contributed by atoms with E-state index in [2.05, 4.69) is 9.97 Å². The Labute approximate surface area is 179 Å². The second kappa shape index (κ2) is 7.18. The van der Waals surface area contributed by atoms with Gasteiger partial charge >= 0.3 is 0 Å². The van der Waals surface area contributed by atoms with E-state index in [4.69, 9.17) is 0 Å². The molecule has 0 radical (unpaired) electrons. The number of carbonyl (C=O) groups is 2. The van der Waals surface area contributed by atoms with Crippen LogP contribution >= 0.6 is 0 Å². The molecule has 1 aromatic heterocycles. The largest absolute Gasteiger partial charge is 0.503 e. The lowest BCUT2D eigenvalue weighted by Crippen LogP contribution is -2.34. The Kier molecular flexibility index (Phi) is 4.83. The van der Waals surface area contributed by atoms with Crippen LogP contribution in [0.4, 0.5) is 23.2 Å². The van der Waals surface area contributed by atoms with Crippen LogP contribution in [0.2, 0.25) is 0 Å². The van der Waals surface area contributed by atoms with Gasteiger partial charge in [0.1, 0.15) is 6.04 Å². The maximum absolute atomic E-state index is 14.8. The third-order valence-electron chi connectivity index (χ3n) is 5.24. The predicted octanol–water partition coefficient (Wildman–Crippen LogP) is 4.63. The van der Waals surface area contributed by atoms with Crippen molar-refractivity contribution in [1.82, 2.24) is 9.97 Å². The number of imidazole rings is 1. The molecule has 2 N–H and O–H groups in total. The third kappa shape index (κ3) is 3.14. The number of hydrogen-bond acceptors (Lipinski definition) is 4. The molecule has 0 unspecified atom stereocenters. The van der Waals surface area contributed by atoms with Gasteiger partial charge in [-0.2, -0.15) is 0 Å². The summed E-state index contributed by atoms with van der Waals surface area (Å²) in [6.45, 7) is 4.40.